The van der Waals surface area contributed by atoms with Crippen LogP contribution >= 0.6 is 0 Å². The van der Waals surface area contributed by atoms with Crippen molar-refractivity contribution in [3.63, 3.8) is 0 Å². The van der Waals surface area contributed by atoms with Crippen molar-refractivity contribution in [3.8, 4) is 0 Å². The van der Waals surface area contributed by atoms with Crippen LogP contribution in [0.2, 0.25) is 0 Å². The summed E-state index contributed by atoms with van der Waals surface area (Å²) in [6, 6.07) is 9.10. The fourth-order valence-corrected chi connectivity index (χ4v) is 3.85. The summed E-state index contributed by atoms with van der Waals surface area (Å²) in [6.45, 7) is 7.73. The summed E-state index contributed by atoms with van der Waals surface area (Å²) < 4.78 is 0. The molecule has 0 aliphatic carbocycles. The van der Waals surface area contributed by atoms with E-state index >= 15 is 0 Å². The molecule has 1 aromatic carbocycles. The Morgan fingerprint density at radius 3 is 2.35 bits per heavy atom. The molecule has 2 saturated heterocycles. The Labute approximate surface area is 182 Å². The fourth-order valence-electron chi connectivity index (χ4n) is 3.85. The predicted molar refractivity (Wildman–Crippen MR) is 115 cm³/mol. The average Bonchev–Trinajstić information content (AvgIpc) is 2.96. The summed E-state index contributed by atoms with van der Waals surface area (Å²) in [6.07, 6.45) is 1.06. The number of amides is 5. The second-order valence-electron chi connectivity index (χ2n) is 8.68. The first kappa shape index (κ1) is 22.7. The molecule has 3 rings (SSSR count). The Bertz CT molecular complexity index is 836. The van der Waals surface area contributed by atoms with Gasteiger partial charge in [-0.15, -0.1) is 0 Å². The van der Waals surface area contributed by atoms with Crippen molar-refractivity contribution in [3.05, 3.63) is 35.9 Å². The van der Waals surface area contributed by atoms with E-state index in [2.05, 4.69) is 10.7 Å². The van der Waals surface area contributed by atoms with E-state index < -0.39 is 23.4 Å². The zero-order chi connectivity index (χ0) is 22.6. The highest BCUT2D eigenvalue weighted by Gasteiger charge is 2.48. The van der Waals surface area contributed by atoms with Crippen molar-refractivity contribution in [2.45, 2.75) is 39.2 Å². The Morgan fingerprint density at radius 2 is 1.74 bits per heavy atom. The number of benzene rings is 1. The van der Waals surface area contributed by atoms with E-state index in [0.717, 1.165) is 10.6 Å². The molecular formula is C22H31N5O4. The maximum atomic E-state index is 12.8. The van der Waals surface area contributed by atoms with E-state index in [1.807, 2.05) is 49.1 Å². The molecule has 2 fully saturated rings. The van der Waals surface area contributed by atoms with Crippen LogP contribution < -0.4 is 10.7 Å². The lowest BCUT2D eigenvalue weighted by Crippen LogP contribution is -2.55. The third kappa shape index (κ3) is 5.41. The second-order valence-corrected chi connectivity index (χ2v) is 8.68. The number of hydrazine groups is 1. The fraction of sp³-hybridized carbons (Fsp3) is 0.545. The highest BCUT2D eigenvalue weighted by Crippen LogP contribution is 2.22. The molecule has 0 spiro atoms. The number of nitrogens with zero attached hydrogens (tertiary/aromatic N) is 3. The number of carbonyl (C=O) groups is 4. The van der Waals surface area contributed by atoms with Crippen LogP contribution in [0, 0.1) is 5.92 Å². The van der Waals surface area contributed by atoms with Crippen LogP contribution in [0.3, 0.4) is 0 Å². The highest BCUT2D eigenvalue weighted by molar-refractivity contribution is 6.07. The molecule has 0 bridgehead atoms. The van der Waals surface area contributed by atoms with Crippen LogP contribution in [0.1, 0.15) is 32.8 Å². The molecule has 1 aromatic rings. The smallest absolute Gasteiger partial charge is 0.340 e. The molecule has 0 aromatic heterocycles. The Morgan fingerprint density at radius 1 is 1.10 bits per heavy atom. The van der Waals surface area contributed by atoms with Gasteiger partial charge in [0, 0.05) is 32.1 Å². The Kier molecular flexibility index (Phi) is 6.94. The third-order valence-electron chi connectivity index (χ3n) is 5.80. The number of nitrogens with one attached hydrogen (secondary N) is 2. The number of imide groups is 1. The second kappa shape index (κ2) is 9.47. The van der Waals surface area contributed by atoms with Crippen LogP contribution in [0.4, 0.5) is 4.79 Å². The molecule has 0 saturated carbocycles. The van der Waals surface area contributed by atoms with Crippen molar-refractivity contribution >= 4 is 23.8 Å². The minimum Gasteiger partial charge on any atom is -0.340 e. The lowest BCUT2D eigenvalue weighted by Gasteiger charge is -2.35. The van der Waals surface area contributed by atoms with E-state index in [9.17, 15) is 19.2 Å². The predicted octanol–water partition coefficient (Wildman–Crippen LogP) is 0.761. The summed E-state index contributed by atoms with van der Waals surface area (Å²) in [5, 5.41) is 3.49. The Balaban J connectivity index is 1.49. The van der Waals surface area contributed by atoms with Crippen molar-refractivity contribution in [1.82, 2.24) is 25.6 Å². The highest BCUT2D eigenvalue weighted by atomic mass is 16.2. The molecule has 2 aliphatic heterocycles. The van der Waals surface area contributed by atoms with Crippen molar-refractivity contribution < 1.29 is 19.2 Å². The number of rotatable bonds is 7. The van der Waals surface area contributed by atoms with Gasteiger partial charge in [-0.1, -0.05) is 44.2 Å². The molecule has 0 radical (unpaired) electrons. The quantitative estimate of drug-likeness (QED) is 0.623. The zero-order valence-electron chi connectivity index (χ0n) is 18.4. The lowest BCUT2D eigenvalue weighted by atomic mass is 9.93. The van der Waals surface area contributed by atoms with Crippen LogP contribution in [-0.4, -0.2) is 76.8 Å². The number of hydrogen-bond donors (Lipinski definition) is 2. The Hall–Kier alpha value is -2.94. The number of carbonyl (C=O) groups excluding carboxylic acids is 4. The maximum absolute atomic E-state index is 12.8. The molecule has 1 atom stereocenters. The van der Waals surface area contributed by atoms with Gasteiger partial charge in [-0.25, -0.2) is 4.79 Å². The first-order chi connectivity index (χ1) is 14.7. The normalized spacial score (nSPS) is 22.1. The maximum Gasteiger partial charge on any atom is 0.344 e. The summed E-state index contributed by atoms with van der Waals surface area (Å²) in [5.74, 6) is -0.836. The van der Waals surface area contributed by atoms with Crippen LogP contribution in [-0.2, 0) is 20.8 Å². The van der Waals surface area contributed by atoms with E-state index in [1.165, 1.54) is 0 Å². The minimum absolute atomic E-state index is 0.0502. The first-order valence-electron chi connectivity index (χ1n) is 10.7. The zero-order valence-corrected chi connectivity index (χ0v) is 18.4. The van der Waals surface area contributed by atoms with Crippen molar-refractivity contribution in [1.29, 1.82) is 0 Å². The number of aryl methyl sites for hydroxylation is 1. The molecule has 31 heavy (non-hydrogen) atoms. The van der Waals surface area contributed by atoms with Gasteiger partial charge in [0.05, 0.1) is 6.54 Å². The topological polar surface area (TPSA) is 102 Å². The van der Waals surface area contributed by atoms with Gasteiger partial charge < -0.3 is 10.2 Å². The molecule has 9 heteroatoms. The number of piperazine rings is 1. The molecular weight excluding hydrogens is 398 g/mol. The minimum atomic E-state index is -1.07. The largest absolute Gasteiger partial charge is 0.344 e. The van der Waals surface area contributed by atoms with Gasteiger partial charge in [0.15, 0.2) is 0 Å². The van der Waals surface area contributed by atoms with Crippen LogP contribution in [0.5, 0.6) is 0 Å². The first-order valence-corrected chi connectivity index (χ1v) is 10.7. The molecule has 2 aliphatic rings. The van der Waals surface area contributed by atoms with Crippen molar-refractivity contribution in [2.75, 3.05) is 32.7 Å². The van der Waals surface area contributed by atoms with Gasteiger partial charge in [-0.2, -0.15) is 5.01 Å². The van der Waals surface area contributed by atoms with Gasteiger partial charge in [0.1, 0.15) is 5.54 Å². The van der Waals surface area contributed by atoms with Gasteiger partial charge in [-0.3, -0.25) is 24.7 Å². The average molecular weight is 430 g/mol. The molecule has 168 valence electrons. The van der Waals surface area contributed by atoms with E-state index in [-0.39, 0.29) is 18.4 Å². The van der Waals surface area contributed by atoms with Gasteiger partial charge in [0.25, 0.3) is 11.8 Å². The molecule has 5 amide bonds. The monoisotopic (exact) mass is 429 g/mol. The standard InChI is InChI=1S/C22H31N5O4/c1-16(2)19(29)26-13-11-25(12-14-26)15-18(28)24-27-20(30)22(3,23-21(27)31)10-9-17-7-5-4-6-8-17/h4-8,16H,9-15H2,1-3H3,(H,23,31)(H,24,28). The summed E-state index contributed by atoms with van der Waals surface area (Å²) >= 11 is 0. The van der Waals surface area contributed by atoms with E-state index in [4.69, 9.17) is 0 Å². The number of hydrogen-bond acceptors (Lipinski definition) is 5. The van der Waals surface area contributed by atoms with Gasteiger partial charge >= 0.3 is 6.03 Å². The molecule has 2 N–H and O–H groups in total. The summed E-state index contributed by atoms with van der Waals surface area (Å²) in [4.78, 5) is 53.4. The SMILES string of the molecule is CC(C)C(=O)N1CCN(CC(=O)NN2C(=O)NC(C)(CCc3ccccc3)C2=O)CC1. The summed E-state index contributed by atoms with van der Waals surface area (Å²) in [5.41, 5.74) is 2.45. The van der Waals surface area contributed by atoms with Crippen LogP contribution in [0.25, 0.3) is 0 Å². The van der Waals surface area contributed by atoms with Crippen LogP contribution in [0.15, 0.2) is 30.3 Å². The molecule has 1 unspecified atom stereocenters. The molecule has 9 nitrogen and oxygen atoms in total. The van der Waals surface area contributed by atoms with Gasteiger partial charge in [0.2, 0.25) is 5.91 Å². The van der Waals surface area contributed by atoms with E-state index in [1.54, 1.807) is 11.8 Å². The van der Waals surface area contributed by atoms with Gasteiger partial charge in [-0.05, 0) is 25.3 Å². The third-order valence-corrected chi connectivity index (χ3v) is 5.80. The summed E-state index contributed by atoms with van der Waals surface area (Å²) in [7, 11) is 0. The van der Waals surface area contributed by atoms with E-state index in [0.29, 0.717) is 39.0 Å². The lowest BCUT2D eigenvalue weighted by molar-refractivity contribution is -0.140. The molecule has 2 heterocycles. The number of urea groups is 1. The van der Waals surface area contributed by atoms with Crippen molar-refractivity contribution in [2.24, 2.45) is 5.92 Å².